The molecule has 0 atom stereocenters. The Balaban J connectivity index is 0. The summed E-state index contributed by atoms with van der Waals surface area (Å²) in [4.78, 5) is 7.76. The first-order chi connectivity index (χ1) is 8.39. The largest absolute Gasteiger partial charge is 0.265 e. The second-order valence-corrected chi connectivity index (χ2v) is 2.50. The minimum absolute atomic E-state index is 1.07. The van der Waals surface area contributed by atoms with Crippen LogP contribution in [0.2, 0.25) is 0 Å². The summed E-state index contributed by atoms with van der Waals surface area (Å²) in [5.41, 5.74) is 1.07. The van der Waals surface area contributed by atoms with Crippen molar-refractivity contribution in [1.29, 1.82) is 0 Å². The zero-order valence-corrected chi connectivity index (χ0v) is 11.6. The summed E-state index contributed by atoms with van der Waals surface area (Å²) in [5.74, 6) is 0. The van der Waals surface area contributed by atoms with Crippen LogP contribution in [0.25, 0.3) is 0 Å². The van der Waals surface area contributed by atoms with E-state index in [-0.39, 0.29) is 0 Å². The monoisotopic (exact) mass is 232 g/mol. The lowest BCUT2D eigenvalue weighted by Gasteiger charge is -1.82. The van der Waals surface area contributed by atoms with Gasteiger partial charge in [-0.3, -0.25) is 9.97 Å². The fourth-order valence-electron chi connectivity index (χ4n) is 0.761. The van der Waals surface area contributed by atoms with Gasteiger partial charge in [0.05, 0.1) is 0 Å². The summed E-state index contributed by atoms with van der Waals surface area (Å²) in [5, 5.41) is 0. The van der Waals surface area contributed by atoms with Crippen LogP contribution in [-0.4, -0.2) is 9.97 Å². The minimum atomic E-state index is 1.07. The Morgan fingerprint density at radius 1 is 0.706 bits per heavy atom. The SMILES string of the molecule is CC.CC.Cc1ccccn1.c1ccncc1. The summed E-state index contributed by atoms with van der Waals surface area (Å²) in [6, 6.07) is 11.6. The predicted molar refractivity (Wildman–Crippen MR) is 75.9 cm³/mol. The van der Waals surface area contributed by atoms with Crippen LogP contribution in [0, 0.1) is 6.92 Å². The molecule has 0 spiro atoms. The van der Waals surface area contributed by atoms with Crippen molar-refractivity contribution >= 4 is 0 Å². The Morgan fingerprint density at radius 2 is 1.24 bits per heavy atom. The smallest absolute Gasteiger partial charge is 0.0372 e. The highest BCUT2D eigenvalue weighted by molar-refractivity contribution is 4.99. The van der Waals surface area contributed by atoms with E-state index in [1.165, 1.54) is 0 Å². The van der Waals surface area contributed by atoms with Gasteiger partial charge >= 0.3 is 0 Å². The van der Waals surface area contributed by atoms with Crippen molar-refractivity contribution in [3.05, 3.63) is 60.7 Å². The number of aryl methyl sites for hydroxylation is 1. The first-order valence-corrected chi connectivity index (χ1v) is 6.12. The molecule has 2 aromatic rings. The lowest BCUT2D eigenvalue weighted by atomic mass is 10.4. The molecule has 94 valence electrons. The van der Waals surface area contributed by atoms with Crippen molar-refractivity contribution in [1.82, 2.24) is 9.97 Å². The third-order valence-corrected chi connectivity index (χ3v) is 1.38. The van der Waals surface area contributed by atoms with Crippen molar-refractivity contribution in [2.24, 2.45) is 0 Å². The molecule has 17 heavy (non-hydrogen) atoms. The Kier molecular flexibility index (Phi) is 17.4. The van der Waals surface area contributed by atoms with Crippen molar-refractivity contribution in [3.63, 3.8) is 0 Å². The Hall–Kier alpha value is -1.70. The minimum Gasteiger partial charge on any atom is -0.265 e. The highest BCUT2D eigenvalue weighted by Gasteiger charge is 1.73. The van der Waals surface area contributed by atoms with Gasteiger partial charge in [-0.05, 0) is 31.2 Å². The molecule has 0 amide bonds. The van der Waals surface area contributed by atoms with Gasteiger partial charge in [0, 0.05) is 24.3 Å². The van der Waals surface area contributed by atoms with E-state index in [1.54, 1.807) is 18.6 Å². The van der Waals surface area contributed by atoms with Crippen LogP contribution < -0.4 is 0 Å². The maximum atomic E-state index is 3.98. The summed E-state index contributed by atoms with van der Waals surface area (Å²) < 4.78 is 0. The molecule has 0 saturated carbocycles. The van der Waals surface area contributed by atoms with Crippen LogP contribution >= 0.6 is 0 Å². The lowest BCUT2D eigenvalue weighted by Crippen LogP contribution is -1.72. The van der Waals surface area contributed by atoms with Gasteiger partial charge in [-0.2, -0.15) is 0 Å². The maximum absolute atomic E-state index is 3.98. The summed E-state index contributed by atoms with van der Waals surface area (Å²) >= 11 is 0. The third kappa shape index (κ3) is 14.3. The van der Waals surface area contributed by atoms with Crippen molar-refractivity contribution in [3.8, 4) is 0 Å². The van der Waals surface area contributed by atoms with E-state index in [4.69, 9.17) is 0 Å². The van der Waals surface area contributed by atoms with E-state index in [2.05, 4.69) is 9.97 Å². The highest BCUT2D eigenvalue weighted by atomic mass is 14.6. The van der Waals surface area contributed by atoms with Crippen LogP contribution in [0.3, 0.4) is 0 Å². The molecule has 0 aliphatic rings. The number of hydrogen-bond acceptors (Lipinski definition) is 2. The van der Waals surface area contributed by atoms with Crippen molar-refractivity contribution in [2.45, 2.75) is 34.6 Å². The van der Waals surface area contributed by atoms with Gasteiger partial charge in [-0.1, -0.05) is 39.8 Å². The molecule has 0 aliphatic carbocycles. The fourth-order valence-corrected chi connectivity index (χ4v) is 0.761. The predicted octanol–water partition coefficient (Wildman–Crippen LogP) is 4.52. The average Bonchev–Trinajstić information content (AvgIpc) is 2.47. The van der Waals surface area contributed by atoms with Crippen molar-refractivity contribution in [2.75, 3.05) is 0 Å². The Morgan fingerprint density at radius 3 is 1.41 bits per heavy atom. The Bertz CT molecular complexity index is 279. The molecule has 0 saturated heterocycles. The maximum Gasteiger partial charge on any atom is 0.0372 e. The second kappa shape index (κ2) is 16.7. The van der Waals surface area contributed by atoms with E-state index < -0.39 is 0 Å². The topological polar surface area (TPSA) is 25.8 Å². The van der Waals surface area contributed by atoms with Gasteiger partial charge in [0.2, 0.25) is 0 Å². The molecular formula is C15H24N2. The molecule has 2 heterocycles. The summed E-state index contributed by atoms with van der Waals surface area (Å²) in [6.45, 7) is 9.97. The van der Waals surface area contributed by atoms with Gasteiger partial charge in [0.1, 0.15) is 0 Å². The molecule has 0 aromatic carbocycles. The molecule has 2 aromatic heterocycles. The molecule has 2 heteroatoms. The molecular weight excluding hydrogens is 208 g/mol. The van der Waals surface area contributed by atoms with Crippen LogP contribution in [0.15, 0.2) is 55.0 Å². The van der Waals surface area contributed by atoms with E-state index >= 15 is 0 Å². The zero-order valence-electron chi connectivity index (χ0n) is 11.6. The lowest BCUT2D eigenvalue weighted by molar-refractivity contribution is 1.20. The molecule has 2 nitrogen and oxygen atoms in total. The van der Waals surface area contributed by atoms with Crippen LogP contribution in [0.4, 0.5) is 0 Å². The molecule has 0 bridgehead atoms. The van der Waals surface area contributed by atoms with Crippen LogP contribution in [-0.2, 0) is 0 Å². The van der Waals surface area contributed by atoms with Crippen LogP contribution in [0.1, 0.15) is 33.4 Å². The number of rotatable bonds is 0. The van der Waals surface area contributed by atoms with E-state index in [9.17, 15) is 0 Å². The fraction of sp³-hybridized carbons (Fsp3) is 0.333. The van der Waals surface area contributed by atoms with Gasteiger partial charge in [-0.15, -0.1) is 0 Å². The van der Waals surface area contributed by atoms with E-state index in [0.717, 1.165) is 5.69 Å². The number of aromatic nitrogens is 2. The number of nitrogens with zero attached hydrogens (tertiary/aromatic N) is 2. The van der Waals surface area contributed by atoms with Crippen LogP contribution in [0.5, 0.6) is 0 Å². The number of hydrogen-bond donors (Lipinski definition) is 0. The molecule has 0 fully saturated rings. The molecule has 0 unspecified atom stereocenters. The first kappa shape index (κ1) is 17.7. The summed E-state index contributed by atoms with van der Waals surface area (Å²) in [7, 11) is 0. The van der Waals surface area contributed by atoms with Crippen molar-refractivity contribution < 1.29 is 0 Å². The van der Waals surface area contributed by atoms with Gasteiger partial charge in [0.25, 0.3) is 0 Å². The number of pyridine rings is 2. The van der Waals surface area contributed by atoms with E-state index in [1.807, 2.05) is 71.0 Å². The second-order valence-electron chi connectivity index (χ2n) is 2.50. The van der Waals surface area contributed by atoms with Gasteiger partial charge < -0.3 is 0 Å². The normalized spacial score (nSPS) is 7.12. The summed E-state index contributed by atoms with van der Waals surface area (Å²) in [6.07, 6.45) is 5.29. The molecule has 2 rings (SSSR count). The van der Waals surface area contributed by atoms with Gasteiger partial charge in [-0.25, -0.2) is 0 Å². The first-order valence-electron chi connectivity index (χ1n) is 6.12. The molecule has 0 N–H and O–H groups in total. The quantitative estimate of drug-likeness (QED) is 0.667. The Labute approximate surface area is 106 Å². The highest BCUT2D eigenvalue weighted by Crippen LogP contribution is 1.86. The molecule has 0 radical (unpaired) electrons. The average molecular weight is 232 g/mol. The molecule has 0 aliphatic heterocycles. The zero-order chi connectivity index (χ0) is 13.4. The third-order valence-electron chi connectivity index (χ3n) is 1.38. The standard InChI is InChI=1S/C6H7N.C5H5N.2C2H6/c1-6-4-2-3-5-7-6;1-2-4-6-5-3-1;2*1-2/h2-5H,1H3;1-5H;2*1-2H3. The van der Waals surface area contributed by atoms with E-state index in [0.29, 0.717) is 0 Å². The van der Waals surface area contributed by atoms with Gasteiger partial charge in [0.15, 0.2) is 0 Å².